The molecule has 0 atom stereocenters. The third kappa shape index (κ3) is 4.06. The van der Waals surface area contributed by atoms with Gasteiger partial charge < -0.3 is 14.8 Å². The third-order valence-electron chi connectivity index (χ3n) is 2.80. The maximum absolute atomic E-state index is 11.0. The van der Waals surface area contributed by atoms with Gasteiger partial charge in [-0.05, 0) is 23.8 Å². The van der Waals surface area contributed by atoms with Crippen LogP contribution in [0.2, 0.25) is 0 Å². The molecule has 6 heteroatoms. The molecule has 2 N–H and O–H groups in total. The van der Waals surface area contributed by atoms with Gasteiger partial charge in [-0.15, -0.1) is 0 Å². The molecule has 5 nitrogen and oxygen atoms in total. The fourth-order valence-electron chi connectivity index (χ4n) is 1.76. The number of aliphatic hydroxyl groups excluding tert-OH is 1. The molecule has 0 fully saturated rings. The molecule has 108 valence electrons. The second-order valence-electron chi connectivity index (χ2n) is 4.40. The normalized spacial score (nSPS) is 11.4. The third-order valence-corrected chi connectivity index (χ3v) is 3.33. The van der Waals surface area contributed by atoms with Gasteiger partial charge in [-0.25, -0.2) is 4.79 Å². The molecule has 0 bridgehead atoms. The van der Waals surface area contributed by atoms with Gasteiger partial charge in [0.25, 0.3) is 5.78 Å². The van der Waals surface area contributed by atoms with Crippen LogP contribution >= 0.6 is 15.9 Å². The number of carbonyl (C=O) groups excluding carboxylic acids is 1. The lowest BCUT2D eigenvalue weighted by molar-refractivity contribution is -0.146. The first-order valence-electron chi connectivity index (χ1n) is 6.04. The molecule has 0 aliphatic rings. The van der Waals surface area contributed by atoms with Crippen LogP contribution in [0, 0.1) is 0 Å². The van der Waals surface area contributed by atoms with Gasteiger partial charge in [0.05, 0.1) is 0 Å². The number of benzene rings is 1. The van der Waals surface area contributed by atoms with Crippen molar-refractivity contribution in [3.8, 4) is 0 Å². The predicted molar refractivity (Wildman–Crippen MR) is 80.9 cm³/mol. The summed E-state index contributed by atoms with van der Waals surface area (Å²) in [7, 11) is 0. The molecule has 1 aromatic carbocycles. The number of nitrogens with zero attached hydrogens (tertiary/aromatic N) is 1. The number of carboxylic acids is 1. The summed E-state index contributed by atoms with van der Waals surface area (Å²) in [4.78, 5) is 21.4. The summed E-state index contributed by atoms with van der Waals surface area (Å²) in [6.45, 7) is 0.605. The first-order valence-corrected chi connectivity index (χ1v) is 6.83. The van der Waals surface area contributed by atoms with Crippen LogP contribution in [0.1, 0.15) is 11.1 Å². The van der Waals surface area contributed by atoms with E-state index in [0.29, 0.717) is 18.2 Å². The minimum Gasteiger partial charge on any atom is -0.507 e. The molecule has 0 radical (unpaired) electrons. The molecular formula is C15H12BrNO4. The Balaban J connectivity index is 2.12. The number of rotatable bonds is 5. The molecule has 2 rings (SSSR count). The first kappa shape index (κ1) is 15.1. The lowest BCUT2D eigenvalue weighted by Crippen LogP contribution is -2.09. The number of halogens is 1. The molecule has 21 heavy (non-hydrogen) atoms. The van der Waals surface area contributed by atoms with Crippen molar-refractivity contribution in [3.63, 3.8) is 0 Å². The van der Waals surface area contributed by atoms with Gasteiger partial charge in [-0.1, -0.05) is 28.1 Å². The van der Waals surface area contributed by atoms with Crippen molar-refractivity contribution < 1.29 is 19.8 Å². The number of carboxylic acid groups (broad SMARTS) is 1. The zero-order valence-electron chi connectivity index (χ0n) is 10.9. The van der Waals surface area contributed by atoms with E-state index in [1.807, 2.05) is 28.8 Å². The van der Waals surface area contributed by atoms with Crippen molar-refractivity contribution in [1.82, 2.24) is 4.57 Å². The lowest BCUT2D eigenvalue weighted by atomic mass is 10.2. The van der Waals surface area contributed by atoms with Gasteiger partial charge >= 0.3 is 5.97 Å². The first-order chi connectivity index (χ1) is 9.95. The van der Waals surface area contributed by atoms with E-state index in [9.17, 15) is 14.7 Å². The lowest BCUT2D eigenvalue weighted by Gasteiger charge is -2.03. The highest BCUT2D eigenvalue weighted by molar-refractivity contribution is 9.10. The van der Waals surface area contributed by atoms with Crippen LogP contribution in [0.5, 0.6) is 0 Å². The fraction of sp³-hybridized carbons (Fsp3) is 0.0667. The van der Waals surface area contributed by atoms with Crippen LogP contribution in [0.3, 0.4) is 0 Å². The van der Waals surface area contributed by atoms with Crippen LogP contribution in [0.15, 0.2) is 53.3 Å². The Bertz CT molecular complexity index is 701. The van der Waals surface area contributed by atoms with E-state index in [1.165, 1.54) is 0 Å². The summed E-state index contributed by atoms with van der Waals surface area (Å²) in [5.41, 5.74) is 1.46. The fourth-order valence-corrected chi connectivity index (χ4v) is 2.02. The summed E-state index contributed by atoms with van der Waals surface area (Å²) >= 11 is 3.36. The zero-order valence-corrected chi connectivity index (χ0v) is 12.4. The van der Waals surface area contributed by atoms with Gasteiger partial charge in [-0.2, -0.15) is 0 Å². The largest absolute Gasteiger partial charge is 0.507 e. The number of aromatic nitrogens is 1. The average molecular weight is 350 g/mol. The number of carbonyl (C=O) groups is 2. The van der Waals surface area contributed by atoms with E-state index in [4.69, 9.17) is 5.11 Å². The summed E-state index contributed by atoms with van der Waals surface area (Å²) in [6, 6.07) is 9.41. The molecule has 0 amide bonds. The van der Waals surface area contributed by atoms with Crippen molar-refractivity contribution in [1.29, 1.82) is 0 Å². The highest BCUT2D eigenvalue weighted by atomic mass is 79.9. The molecule has 1 heterocycles. The molecule has 0 spiro atoms. The Morgan fingerprint density at radius 1 is 1.14 bits per heavy atom. The maximum atomic E-state index is 11.0. The van der Waals surface area contributed by atoms with Crippen molar-refractivity contribution in [3.05, 3.63) is 64.4 Å². The highest BCUT2D eigenvalue weighted by Crippen LogP contribution is 2.15. The standard InChI is InChI=1S/C15H12BrNO4/c16-12-3-1-10(2-4-12)8-17-6-5-11(9-17)13(18)7-14(19)15(20)21/h1-7,9,18H,8H2,(H,20,21). The van der Waals surface area contributed by atoms with E-state index in [2.05, 4.69) is 15.9 Å². The molecule has 0 unspecified atom stereocenters. The van der Waals surface area contributed by atoms with Gasteiger partial charge in [0.15, 0.2) is 0 Å². The van der Waals surface area contributed by atoms with Gasteiger partial charge in [-0.3, -0.25) is 4.79 Å². The van der Waals surface area contributed by atoms with Crippen molar-refractivity contribution in [2.75, 3.05) is 0 Å². The van der Waals surface area contributed by atoms with Crippen molar-refractivity contribution in [2.24, 2.45) is 0 Å². The van der Waals surface area contributed by atoms with Crippen molar-refractivity contribution >= 4 is 33.4 Å². The molecule has 0 aliphatic carbocycles. The smallest absolute Gasteiger partial charge is 0.376 e. The summed E-state index contributed by atoms with van der Waals surface area (Å²) in [6.07, 6.45) is 4.08. The Morgan fingerprint density at radius 2 is 1.81 bits per heavy atom. The Morgan fingerprint density at radius 3 is 2.43 bits per heavy atom. The van der Waals surface area contributed by atoms with Crippen LogP contribution < -0.4 is 0 Å². The SMILES string of the molecule is O=C(O)C(=O)C=C(O)c1ccn(Cc2ccc(Br)cc2)c1. The van der Waals surface area contributed by atoms with Crippen molar-refractivity contribution in [2.45, 2.75) is 6.54 Å². The second kappa shape index (κ2) is 6.41. The number of aliphatic carboxylic acids is 1. The molecule has 0 saturated heterocycles. The number of ketones is 1. The van der Waals surface area contributed by atoms with Gasteiger partial charge in [0.1, 0.15) is 5.76 Å². The van der Waals surface area contributed by atoms with Crippen LogP contribution in [0.4, 0.5) is 0 Å². The average Bonchev–Trinajstić information content (AvgIpc) is 2.90. The summed E-state index contributed by atoms with van der Waals surface area (Å²) in [5.74, 6) is -3.12. The number of hydrogen-bond acceptors (Lipinski definition) is 3. The van der Waals surface area contributed by atoms with Gasteiger partial charge in [0, 0.05) is 35.1 Å². The van der Waals surface area contributed by atoms with E-state index in [0.717, 1.165) is 10.0 Å². The maximum Gasteiger partial charge on any atom is 0.376 e. The Hall–Kier alpha value is -2.34. The monoisotopic (exact) mass is 349 g/mol. The zero-order chi connectivity index (χ0) is 15.4. The molecule has 0 aliphatic heterocycles. The van der Waals surface area contributed by atoms with E-state index in [1.54, 1.807) is 18.5 Å². The predicted octanol–water partition coefficient (Wildman–Crippen LogP) is 2.85. The molecule has 1 aromatic heterocycles. The molecule has 0 saturated carbocycles. The highest BCUT2D eigenvalue weighted by Gasteiger charge is 2.11. The number of aliphatic hydroxyl groups is 1. The molecule has 2 aromatic rings. The Labute approximate surface area is 129 Å². The summed E-state index contributed by atoms with van der Waals surface area (Å²) in [5, 5.41) is 18.2. The van der Waals surface area contributed by atoms with E-state index in [-0.39, 0.29) is 5.76 Å². The Kier molecular flexibility index (Phi) is 4.59. The van der Waals surface area contributed by atoms with Crippen LogP contribution in [-0.4, -0.2) is 26.5 Å². The second-order valence-corrected chi connectivity index (χ2v) is 5.31. The number of hydrogen-bond donors (Lipinski definition) is 2. The van der Waals surface area contributed by atoms with E-state index < -0.39 is 11.8 Å². The topological polar surface area (TPSA) is 79.5 Å². The minimum absolute atomic E-state index is 0.364. The van der Waals surface area contributed by atoms with Crippen LogP contribution in [-0.2, 0) is 16.1 Å². The van der Waals surface area contributed by atoms with Gasteiger partial charge in [0.2, 0.25) is 0 Å². The molecular weight excluding hydrogens is 338 g/mol. The van der Waals surface area contributed by atoms with Crippen LogP contribution in [0.25, 0.3) is 5.76 Å². The minimum atomic E-state index is -1.60. The summed E-state index contributed by atoms with van der Waals surface area (Å²) < 4.78 is 2.82. The quantitative estimate of drug-likeness (QED) is 0.494. The van der Waals surface area contributed by atoms with E-state index >= 15 is 0 Å².